The first-order valence-corrected chi connectivity index (χ1v) is 10.3. The number of ether oxygens (including phenoxy) is 1. The molecule has 29 heavy (non-hydrogen) atoms. The predicted octanol–water partition coefficient (Wildman–Crippen LogP) is 5.65. The van der Waals surface area contributed by atoms with E-state index in [-0.39, 0.29) is 23.0 Å². The van der Waals surface area contributed by atoms with Crippen LogP contribution in [0, 0.1) is 6.92 Å². The lowest BCUT2D eigenvalue weighted by atomic mass is 10.2. The molecule has 0 saturated carbocycles. The first-order valence-electron chi connectivity index (χ1n) is 8.54. The van der Waals surface area contributed by atoms with Crippen LogP contribution in [0.25, 0.3) is 0 Å². The lowest BCUT2D eigenvalue weighted by Gasteiger charge is -2.10. The number of amides is 1. The number of halogens is 2. The van der Waals surface area contributed by atoms with Crippen molar-refractivity contribution in [1.82, 2.24) is 4.98 Å². The third kappa shape index (κ3) is 5.73. The van der Waals surface area contributed by atoms with Gasteiger partial charge in [0.25, 0.3) is 0 Å². The normalized spacial score (nSPS) is 10.4. The fourth-order valence-electron chi connectivity index (χ4n) is 2.39. The Bertz CT molecular complexity index is 1060. The van der Waals surface area contributed by atoms with Gasteiger partial charge in [0.1, 0.15) is 10.8 Å². The highest BCUT2D eigenvalue weighted by Crippen LogP contribution is 2.27. The van der Waals surface area contributed by atoms with Crippen LogP contribution in [0.1, 0.15) is 15.9 Å². The van der Waals surface area contributed by atoms with E-state index in [9.17, 15) is 9.59 Å². The van der Waals surface area contributed by atoms with E-state index in [2.05, 4.69) is 10.3 Å². The van der Waals surface area contributed by atoms with Crippen LogP contribution in [0.15, 0.2) is 65.8 Å². The summed E-state index contributed by atoms with van der Waals surface area (Å²) in [5, 5.41) is 3.92. The minimum atomic E-state index is -0.601. The second-order valence-corrected chi connectivity index (χ2v) is 7.77. The highest BCUT2D eigenvalue weighted by atomic mass is 35.5. The number of benzene rings is 2. The third-order valence-corrected chi connectivity index (χ3v) is 5.40. The van der Waals surface area contributed by atoms with Crippen LogP contribution >= 0.6 is 35.0 Å². The van der Waals surface area contributed by atoms with Crippen LogP contribution in [0.3, 0.4) is 0 Å². The molecular weight excluding hydrogens is 431 g/mol. The lowest BCUT2D eigenvalue weighted by Crippen LogP contribution is -2.16. The van der Waals surface area contributed by atoms with E-state index >= 15 is 0 Å². The Kier molecular flexibility index (Phi) is 7.14. The summed E-state index contributed by atoms with van der Waals surface area (Å²) >= 11 is 13.3. The Balaban J connectivity index is 1.66. The zero-order valence-electron chi connectivity index (χ0n) is 15.3. The molecule has 0 bridgehead atoms. The molecule has 0 aliphatic rings. The number of nitrogens with one attached hydrogen (secondary N) is 1. The molecule has 0 unspecified atom stereocenters. The van der Waals surface area contributed by atoms with Crippen LogP contribution in [-0.4, -0.2) is 22.6 Å². The average Bonchev–Trinajstić information content (AvgIpc) is 2.70. The van der Waals surface area contributed by atoms with Crippen molar-refractivity contribution in [2.24, 2.45) is 0 Å². The van der Waals surface area contributed by atoms with E-state index in [0.29, 0.717) is 20.8 Å². The monoisotopic (exact) mass is 446 g/mol. The molecule has 5 nitrogen and oxygen atoms in total. The molecule has 0 radical (unpaired) electrons. The first kappa shape index (κ1) is 21.2. The molecule has 148 valence electrons. The second kappa shape index (κ2) is 9.78. The molecule has 0 aliphatic carbocycles. The van der Waals surface area contributed by atoms with Gasteiger partial charge < -0.3 is 10.1 Å². The van der Waals surface area contributed by atoms with E-state index in [0.717, 1.165) is 17.3 Å². The van der Waals surface area contributed by atoms with Crippen LogP contribution < -0.4 is 10.1 Å². The maximum Gasteiger partial charge on any atom is 0.346 e. The number of hydrogen-bond acceptors (Lipinski definition) is 5. The number of hydrogen-bond donors (Lipinski definition) is 1. The molecule has 1 heterocycles. The standard InChI is InChI=1S/C21H16Cl2N2O3S/c1-13-8-9-17(16(23)11-13)25-19(26)12-29-20-14(5-4-10-24-20)21(27)28-18-7-3-2-6-15(18)22/h2-11H,12H2,1H3,(H,25,26). The molecule has 3 rings (SSSR count). The van der Waals surface area contributed by atoms with Gasteiger partial charge in [-0.2, -0.15) is 0 Å². The molecule has 8 heteroatoms. The summed E-state index contributed by atoms with van der Waals surface area (Å²) in [6.45, 7) is 1.91. The van der Waals surface area contributed by atoms with E-state index in [1.54, 1.807) is 54.7 Å². The second-order valence-electron chi connectivity index (χ2n) is 6.00. The molecule has 0 atom stereocenters. The van der Waals surface area contributed by atoms with Gasteiger partial charge in [-0.05, 0) is 48.9 Å². The minimum Gasteiger partial charge on any atom is -0.421 e. The van der Waals surface area contributed by atoms with Gasteiger partial charge in [-0.1, -0.05) is 53.2 Å². The smallest absolute Gasteiger partial charge is 0.346 e. The van der Waals surface area contributed by atoms with Gasteiger partial charge in [0.2, 0.25) is 5.91 Å². The molecule has 0 spiro atoms. The lowest BCUT2D eigenvalue weighted by molar-refractivity contribution is -0.113. The minimum absolute atomic E-state index is 0.0492. The van der Waals surface area contributed by atoms with Gasteiger partial charge in [-0.15, -0.1) is 0 Å². The highest BCUT2D eigenvalue weighted by molar-refractivity contribution is 8.00. The van der Waals surface area contributed by atoms with Crippen molar-refractivity contribution in [2.75, 3.05) is 11.1 Å². The van der Waals surface area contributed by atoms with E-state index in [4.69, 9.17) is 27.9 Å². The zero-order valence-corrected chi connectivity index (χ0v) is 17.6. The van der Waals surface area contributed by atoms with Crippen LogP contribution in [0.5, 0.6) is 5.75 Å². The topological polar surface area (TPSA) is 68.3 Å². The Morgan fingerprint density at radius 3 is 2.62 bits per heavy atom. The van der Waals surface area contributed by atoms with Crippen molar-refractivity contribution < 1.29 is 14.3 Å². The third-order valence-electron chi connectivity index (χ3n) is 3.77. The van der Waals surface area contributed by atoms with E-state index in [1.165, 1.54) is 0 Å². The summed E-state index contributed by atoms with van der Waals surface area (Å²) in [7, 11) is 0. The van der Waals surface area contributed by atoms with Crippen molar-refractivity contribution in [1.29, 1.82) is 0 Å². The van der Waals surface area contributed by atoms with E-state index in [1.807, 2.05) is 13.0 Å². The molecule has 1 aromatic heterocycles. The van der Waals surface area contributed by atoms with Crippen molar-refractivity contribution >= 4 is 52.5 Å². The number of anilines is 1. The van der Waals surface area contributed by atoms with Crippen molar-refractivity contribution in [2.45, 2.75) is 11.9 Å². The number of nitrogens with zero attached hydrogens (tertiary/aromatic N) is 1. The number of aromatic nitrogens is 1. The van der Waals surface area contributed by atoms with Gasteiger partial charge in [0.15, 0.2) is 0 Å². The molecule has 0 aliphatic heterocycles. The Hall–Kier alpha value is -2.54. The predicted molar refractivity (Wildman–Crippen MR) is 116 cm³/mol. The molecular formula is C21H16Cl2N2O3S. The summed E-state index contributed by atoms with van der Waals surface area (Å²) in [6.07, 6.45) is 1.54. The molecule has 0 saturated heterocycles. The number of pyridine rings is 1. The van der Waals surface area contributed by atoms with Crippen LogP contribution in [0.2, 0.25) is 10.0 Å². The number of rotatable bonds is 6. The average molecular weight is 447 g/mol. The summed E-state index contributed by atoms with van der Waals surface area (Å²) in [5.74, 6) is -0.564. The highest BCUT2D eigenvalue weighted by Gasteiger charge is 2.17. The number of thioether (sulfide) groups is 1. The zero-order chi connectivity index (χ0) is 20.8. The summed E-state index contributed by atoms with van der Waals surface area (Å²) < 4.78 is 5.36. The fourth-order valence-corrected chi connectivity index (χ4v) is 3.62. The van der Waals surface area contributed by atoms with Gasteiger partial charge in [0.05, 0.1) is 27.0 Å². The quantitative estimate of drug-likeness (QED) is 0.301. The van der Waals surface area contributed by atoms with Crippen LogP contribution in [0.4, 0.5) is 5.69 Å². The number of para-hydroxylation sites is 1. The number of carbonyl (C=O) groups excluding carboxylic acids is 2. The Morgan fingerprint density at radius 2 is 1.86 bits per heavy atom. The maximum atomic E-state index is 12.5. The molecule has 1 amide bonds. The molecule has 2 aromatic carbocycles. The van der Waals surface area contributed by atoms with Crippen molar-refractivity contribution in [3.8, 4) is 5.75 Å². The summed E-state index contributed by atoms with van der Waals surface area (Å²) in [6, 6.07) is 15.3. The van der Waals surface area contributed by atoms with Crippen molar-refractivity contribution in [3.63, 3.8) is 0 Å². The Labute approximate surface area is 182 Å². The maximum absolute atomic E-state index is 12.5. The first-order chi connectivity index (χ1) is 13.9. The van der Waals surface area contributed by atoms with E-state index < -0.39 is 5.97 Å². The largest absolute Gasteiger partial charge is 0.421 e. The van der Waals surface area contributed by atoms with Gasteiger partial charge in [-0.3, -0.25) is 4.79 Å². The molecule has 1 N–H and O–H groups in total. The molecule has 3 aromatic rings. The Morgan fingerprint density at radius 1 is 1.07 bits per heavy atom. The van der Waals surface area contributed by atoms with Gasteiger partial charge in [0, 0.05) is 6.20 Å². The van der Waals surface area contributed by atoms with Gasteiger partial charge in [-0.25, -0.2) is 9.78 Å². The summed E-state index contributed by atoms with van der Waals surface area (Å²) in [4.78, 5) is 29.0. The summed E-state index contributed by atoms with van der Waals surface area (Å²) in [5.41, 5.74) is 1.78. The van der Waals surface area contributed by atoms with Gasteiger partial charge >= 0.3 is 5.97 Å². The molecule has 0 fully saturated rings. The fraction of sp³-hybridized carbons (Fsp3) is 0.0952. The van der Waals surface area contributed by atoms with Crippen LogP contribution in [-0.2, 0) is 4.79 Å². The number of aryl methyl sites for hydroxylation is 1. The number of esters is 1. The number of carbonyl (C=O) groups is 2. The SMILES string of the molecule is Cc1ccc(NC(=O)CSc2ncccc2C(=O)Oc2ccccc2Cl)c(Cl)c1. The van der Waals surface area contributed by atoms with Crippen molar-refractivity contribution in [3.05, 3.63) is 82.0 Å².